The van der Waals surface area contributed by atoms with Crippen LogP contribution in [0.15, 0.2) is 10.5 Å². The maximum absolute atomic E-state index is 5.69. The third-order valence-electron chi connectivity index (χ3n) is 2.91. The summed E-state index contributed by atoms with van der Waals surface area (Å²) in [7, 11) is 0. The third kappa shape index (κ3) is 5.69. The summed E-state index contributed by atoms with van der Waals surface area (Å²) in [6, 6.07) is 2.60. The molecule has 0 fully saturated rings. The Morgan fingerprint density at radius 1 is 1.33 bits per heavy atom. The fourth-order valence-electron chi connectivity index (χ4n) is 1.78. The van der Waals surface area contributed by atoms with Gasteiger partial charge in [0, 0.05) is 24.8 Å². The summed E-state index contributed by atoms with van der Waals surface area (Å²) < 4.78 is 11.3. The van der Waals surface area contributed by atoms with E-state index >= 15 is 0 Å². The second-order valence-corrected chi connectivity index (χ2v) is 5.09. The van der Waals surface area contributed by atoms with Crippen LogP contribution in [-0.2, 0) is 17.9 Å². The van der Waals surface area contributed by atoms with Crippen molar-refractivity contribution in [2.45, 2.75) is 66.2 Å². The standard InChI is InChI=1S/C15H27NO2/c1-5-6-7-8-17-11-15-9-14(13(4)18-15)10-16-12(2)3/h9,12,16H,5-8,10-11H2,1-4H3. The lowest BCUT2D eigenvalue weighted by atomic mass is 10.2. The van der Waals surface area contributed by atoms with Crippen LogP contribution in [0.2, 0.25) is 0 Å². The number of unbranched alkanes of at least 4 members (excludes halogenated alkanes) is 2. The Kier molecular flexibility index (Phi) is 7.06. The molecule has 1 aromatic rings. The number of nitrogens with one attached hydrogen (secondary N) is 1. The van der Waals surface area contributed by atoms with E-state index < -0.39 is 0 Å². The maximum atomic E-state index is 5.69. The minimum atomic E-state index is 0.494. The molecule has 0 spiro atoms. The van der Waals surface area contributed by atoms with Gasteiger partial charge in [-0.2, -0.15) is 0 Å². The first kappa shape index (κ1) is 15.3. The van der Waals surface area contributed by atoms with E-state index in [2.05, 4.69) is 32.2 Å². The van der Waals surface area contributed by atoms with Crippen LogP contribution >= 0.6 is 0 Å². The largest absolute Gasteiger partial charge is 0.464 e. The average molecular weight is 253 g/mol. The van der Waals surface area contributed by atoms with Crippen LogP contribution in [0.25, 0.3) is 0 Å². The molecule has 0 amide bonds. The summed E-state index contributed by atoms with van der Waals surface area (Å²) >= 11 is 0. The fourth-order valence-corrected chi connectivity index (χ4v) is 1.78. The number of hydrogen-bond donors (Lipinski definition) is 1. The van der Waals surface area contributed by atoms with Crippen LogP contribution < -0.4 is 5.32 Å². The molecule has 0 atom stereocenters. The predicted octanol–water partition coefficient (Wildman–Crippen LogP) is 3.79. The SMILES string of the molecule is CCCCCOCc1cc(CNC(C)C)c(C)o1. The lowest BCUT2D eigenvalue weighted by Gasteiger charge is -2.05. The molecule has 0 bridgehead atoms. The molecular formula is C15H27NO2. The van der Waals surface area contributed by atoms with Gasteiger partial charge in [-0.1, -0.05) is 33.6 Å². The van der Waals surface area contributed by atoms with Crippen molar-refractivity contribution in [1.29, 1.82) is 0 Å². The van der Waals surface area contributed by atoms with E-state index in [0.29, 0.717) is 12.6 Å². The number of aryl methyl sites for hydroxylation is 1. The molecule has 0 aliphatic rings. The van der Waals surface area contributed by atoms with Crippen molar-refractivity contribution in [3.63, 3.8) is 0 Å². The Morgan fingerprint density at radius 3 is 2.78 bits per heavy atom. The molecule has 0 aromatic carbocycles. The Labute approximate surface area is 111 Å². The summed E-state index contributed by atoms with van der Waals surface area (Å²) in [4.78, 5) is 0. The molecule has 104 valence electrons. The van der Waals surface area contributed by atoms with Crippen molar-refractivity contribution < 1.29 is 9.15 Å². The molecule has 0 aliphatic carbocycles. The second-order valence-electron chi connectivity index (χ2n) is 5.09. The van der Waals surface area contributed by atoms with Crippen LogP contribution in [0.3, 0.4) is 0 Å². The lowest BCUT2D eigenvalue weighted by Crippen LogP contribution is -2.21. The van der Waals surface area contributed by atoms with Gasteiger partial charge in [0.25, 0.3) is 0 Å². The van der Waals surface area contributed by atoms with Crippen molar-refractivity contribution in [2.75, 3.05) is 6.61 Å². The highest BCUT2D eigenvalue weighted by molar-refractivity contribution is 5.20. The summed E-state index contributed by atoms with van der Waals surface area (Å²) in [5, 5.41) is 3.40. The van der Waals surface area contributed by atoms with E-state index in [0.717, 1.165) is 31.1 Å². The van der Waals surface area contributed by atoms with Crippen LogP contribution in [0.5, 0.6) is 0 Å². The van der Waals surface area contributed by atoms with Gasteiger partial charge < -0.3 is 14.5 Å². The minimum Gasteiger partial charge on any atom is -0.464 e. The molecule has 0 radical (unpaired) electrons. The highest BCUT2D eigenvalue weighted by atomic mass is 16.5. The van der Waals surface area contributed by atoms with Crippen molar-refractivity contribution in [2.24, 2.45) is 0 Å². The zero-order valence-electron chi connectivity index (χ0n) is 12.2. The summed E-state index contributed by atoms with van der Waals surface area (Å²) in [5.74, 6) is 1.93. The van der Waals surface area contributed by atoms with Crippen molar-refractivity contribution in [1.82, 2.24) is 5.32 Å². The number of furan rings is 1. The summed E-state index contributed by atoms with van der Waals surface area (Å²) in [6.07, 6.45) is 3.60. The molecule has 0 aliphatic heterocycles. The Hall–Kier alpha value is -0.800. The first-order valence-electron chi connectivity index (χ1n) is 7.02. The van der Waals surface area contributed by atoms with E-state index in [4.69, 9.17) is 9.15 Å². The van der Waals surface area contributed by atoms with Gasteiger partial charge in [0.2, 0.25) is 0 Å². The smallest absolute Gasteiger partial charge is 0.130 e. The summed E-state index contributed by atoms with van der Waals surface area (Å²) in [6.45, 7) is 10.8. The molecule has 1 heterocycles. The monoisotopic (exact) mass is 253 g/mol. The van der Waals surface area contributed by atoms with Gasteiger partial charge in [-0.3, -0.25) is 0 Å². The Bertz CT molecular complexity index is 331. The molecule has 3 heteroatoms. The Morgan fingerprint density at radius 2 is 2.11 bits per heavy atom. The predicted molar refractivity (Wildman–Crippen MR) is 74.6 cm³/mol. The van der Waals surface area contributed by atoms with E-state index in [1.165, 1.54) is 18.4 Å². The minimum absolute atomic E-state index is 0.494. The van der Waals surface area contributed by atoms with Crippen LogP contribution in [0, 0.1) is 6.92 Å². The average Bonchev–Trinajstić information content (AvgIpc) is 2.67. The molecule has 1 rings (SSSR count). The van der Waals surface area contributed by atoms with E-state index in [-0.39, 0.29) is 0 Å². The quantitative estimate of drug-likeness (QED) is 0.680. The lowest BCUT2D eigenvalue weighted by molar-refractivity contribution is 0.102. The third-order valence-corrected chi connectivity index (χ3v) is 2.91. The molecule has 0 saturated carbocycles. The molecule has 18 heavy (non-hydrogen) atoms. The highest BCUT2D eigenvalue weighted by Gasteiger charge is 2.07. The van der Waals surface area contributed by atoms with Crippen LogP contribution in [0.1, 0.15) is 57.1 Å². The maximum Gasteiger partial charge on any atom is 0.130 e. The van der Waals surface area contributed by atoms with Gasteiger partial charge in [-0.25, -0.2) is 0 Å². The number of rotatable bonds is 9. The zero-order valence-corrected chi connectivity index (χ0v) is 12.2. The van der Waals surface area contributed by atoms with E-state index in [1.54, 1.807) is 0 Å². The van der Waals surface area contributed by atoms with Crippen molar-refractivity contribution in [3.05, 3.63) is 23.2 Å². The van der Waals surface area contributed by atoms with Crippen LogP contribution in [0.4, 0.5) is 0 Å². The van der Waals surface area contributed by atoms with Gasteiger partial charge in [0.1, 0.15) is 18.1 Å². The van der Waals surface area contributed by atoms with Gasteiger partial charge in [0.05, 0.1) is 0 Å². The molecular weight excluding hydrogens is 226 g/mol. The van der Waals surface area contributed by atoms with E-state index in [9.17, 15) is 0 Å². The summed E-state index contributed by atoms with van der Waals surface area (Å²) in [5.41, 5.74) is 1.23. The van der Waals surface area contributed by atoms with Gasteiger partial charge in [-0.15, -0.1) is 0 Å². The zero-order chi connectivity index (χ0) is 13.4. The number of hydrogen-bond acceptors (Lipinski definition) is 3. The van der Waals surface area contributed by atoms with Crippen molar-refractivity contribution in [3.8, 4) is 0 Å². The first-order valence-corrected chi connectivity index (χ1v) is 7.02. The first-order chi connectivity index (χ1) is 8.63. The normalized spacial score (nSPS) is 11.4. The number of ether oxygens (including phenoxy) is 1. The second kappa shape index (κ2) is 8.33. The topological polar surface area (TPSA) is 34.4 Å². The molecule has 3 nitrogen and oxygen atoms in total. The molecule has 1 aromatic heterocycles. The highest BCUT2D eigenvalue weighted by Crippen LogP contribution is 2.15. The molecule has 1 N–H and O–H groups in total. The molecule has 0 saturated heterocycles. The van der Waals surface area contributed by atoms with Crippen molar-refractivity contribution >= 4 is 0 Å². The fraction of sp³-hybridized carbons (Fsp3) is 0.733. The van der Waals surface area contributed by atoms with Gasteiger partial charge in [0.15, 0.2) is 0 Å². The Balaban J connectivity index is 2.31. The van der Waals surface area contributed by atoms with Gasteiger partial charge in [-0.05, 0) is 19.4 Å². The molecule has 0 unspecified atom stereocenters. The van der Waals surface area contributed by atoms with Gasteiger partial charge >= 0.3 is 0 Å². The van der Waals surface area contributed by atoms with Crippen LogP contribution in [-0.4, -0.2) is 12.6 Å². The van der Waals surface area contributed by atoms with E-state index in [1.807, 2.05) is 6.92 Å².